The first kappa shape index (κ1) is 15.2. The Morgan fingerprint density at radius 2 is 1.62 bits per heavy atom. The first-order valence-corrected chi connectivity index (χ1v) is 6.10. The lowest BCUT2D eigenvalue weighted by Gasteiger charge is -2.19. The lowest BCUT2D eigenvalue weighted by Crippen LogP contribution is -2.50. The largest absolute Gasteiger partial charge is 0.349 e. The first-order valence-electron chi connectivity index (χ1n) is 4.79. The molecule has 7 nitrogen and oxygen atoms in total. The first-order chi connectivity index (χ1) is 7.25. The van der Waals surface area contributed by atoms with Gasteiger partial charge in [-0.25, -0.2) is 0 Å². The number of nitrogens with one attached hydrogen (secondary N) is 2. The fourth-order valence-corrected chi connectivity index (χ4v) is 1.04. The Bertz CT molecular complexity index is 260. The molecular formula is C8H18N3O4P. The molecule has 0 saturated carbocycles. The van der Waals surface area contributed by atoms with Crippen molar-refractivity contribution in [1.82, 2.24) is 10.6 Å². The third kappa shape index (κ3) is 5.37. The molecule has 0 saturated heterocycles. The number of nitrogens with two attached hydrogens (primary N) is 1. The van der Waals surface area contributed by atoms with Crippen molar-refractivity contribution >= 4 is 20.2 Å². The molecule has 0 aliphatic heterocycles. The molecule has 0 rings (SSSR count). The molecular weight excluding hydrogens is 233 g/mol. The van der Waals surface area contributed by atoms with Crippen molar-refractivity contribution in [3.63, 3.8) is 0 Å². The maximum absolute atomic E-state index is 11.4. The predicted octanol–water partition coefficient (Wildman–Crippen LogP) is -1.40. The molecule has 0 heterocycles. The summed E-state index contributed by atoms with van der Waals surface area (Å²) < 4.78 is 0. The average Bonchev–Trinajstić information content (AvgIpc) is 2.16. The van der Waals surface area contributed by atoms with E-state index < -0.39 is 38.1 Å². The second-order valence-corrected chi connectivity index (χ2v) is 4.94. The van der Waals surface area contributed by atoms with Gasteiger partial charge in [-0.2, -0.15) is 0 Å². The van der Waals surface area contributed by atoms with E-state index in [0.29, 0.717) is 0 Å². The monoisotopic (exact) mass is 251 g/mol. The van der Waals surface area contributed by atoms with Crippen LogP contribution in [0.1, 0.15) is 20.8 Å². The zero-order chi connectivity index (χ0) is 12.9. The zero-order valence-corrected chi connectivity index (χ0v) is 10.4. The maximum atomic E-state index is 11.4. The average molecular weight is 251 g/mol. The smallest absolute Gasteiger partial charge is 0.242 e. The Morgan fingerprint density at radius 3 is 2.00 bits per heavy atom. The molecule has 0 radical (unpaired) electrons. The van der Waals surface area contributed by atoms with Crippen molar-refractivity contribution in [2.24, 2.45) is 5.73 Å². The van der Waals surface area contributed by atoms with Crippen LogP contribution in [0.2, 0.25) is 0 Å². The van der Waals surface area contributed by atoms with Crippen LogP contribution in [0.15, 0.2) is 0 Å². The fourth-order valence-electron chi connectivity index (χ4n) is 0.799. The normalized spacial score (nSPS) is 16.4. The lowest BCUT2D eigenvalue weighted by molar-refractivity contribution is -0.129. The van der Waals surface area contributed by atoms with E-state index in [2.05, 4.69) is 10.6 Å². The minimum Gasteiger partial charge on any atom is -0.349 e. The van der Waals surface area contributed by atoms with E-state index in [4.69, 9.17) is 15.5 Å². The summed E-state index contributed by atoms with van der Waals surface area (Å²) in [5.41, 5.74) is 5.31. The lowest BCUT2D eigenvalue weighted by atomic mass is 10.2. The maximum Gasteiger partial charge on any atom is 0.242 e. The second-order valence-electron chi connectivity index (χ2n) is 3.52. The molecule has 2 amide bonds. The van der Waals surface area contributed by atoms with Crippen LogP contribution in [0, 0.1) is 0 Å². The molecule has 6 N–H and O–H groups in total. The molecule has 16 heavy (non-hydrogen) atoms. The van der Waals surface area contributed by atoms with Crippen molar-refractivity contribution in [1.29, 1.82) is 0 Å². The highest BCUT2D eigenvalue weighted by Crippen LogP contribution is 2.27. The van der Waals surface area contributed by atoms with Crippen LogP contribution in [0.4, 0.5) is 0 Å². The summed E-state index contributed by atoms with van der Waals surface area (Å²) in [7, 11) is -2.22. The SMILES string of the molecule is C[C@H](N)C(=O)N[C@@H](C)C(=O)N[C@@H](C)P(O)O. The van der Waals surface area contributed by atoms with E-state index in [1.807, 2.05) is 0 Å². The quantitative estimate of drug-likeness (QED) is 0.384. The predicted molar refractivity (Wildman–Crippen MR) is 60.2 cm³/mol. The molecule has 0 fully saturated rings. The van der Waals surface area contributed by atoms with Crippen LogP contribution in [-0.4, -0.2) is 39.5 Å². The fraction of sp³-hybridized carbons (Fsp3) is 0.750. The second kappa shape index (κ2) is 6.75. The molecule has 0 bridgehead atoms. The number of amides is 2. The van der Waals surface area contributed by atoms with Gasteiger partial charge >= 0.3 is 0 Å². The summed E-state index contributed by atoms with van der Waals surface area (Å²) in [4.78, 5) is 40.2. The van der Waals surface area contributed by atoms with Crippen LogP contribution < -0.4 is 16.4 Å². The molecule has 3 atom stereocenters. The summed E-state index contributed by atoms with van der Waals surface area (Å²) in [6, 6.07) is -1.46. The standard InChI is InChI=1S/C8H18N3O4P/c1-4(9)7(12)10-5(2)8(13)11-6(3)16(14)15/h4-6,14-15H,9H2,1-3H3,(H,10,12)(H,11,13)/t4-,5-,6+/m0/s1. The van der Waals surface area contributed by atoms with Gasteiger partial charge in [-0.15, -0.1) is 0 Å². The van der Waals surface area contributed by atoms with Crippen molar-refractivity contribution in [2.45, 2.75) is 38.6 Å². The van der Waals surface area contributed by atoms with Gasteiger partial charge in [0.25, 0.3) is 0 Å². The van der Waals surface area contributed by atoms with Crippen LogP contribution in [-0.2, 0) is 9.59 Å². The van der Waals surface area contributed by atoms with Crippen LogP contribution in [0.25, 0.3) is 0 Å². The molecule has 94 valence electrons. The molecule has 0 aliphatic carbocycles. The molecule has 8 heteroatoms. The number of rotatable bonds is 5. The minimum atomic E-state index is -2.22. The van der Waals surface area contributed by atoms with Crippen molar-refractivity contribution in [3.8, 4) is 0 Å². The highest BCUT2D eigenvalue weighted by molar-refractivity contribution is 7.45. The van der Waals surface area contributed by atoms with Crippen molar-refractivity contribution in [3.05, 3.63) is 0 Å². The summed E-state index contributed by atoms with van der Waals surface area (Å²) in [6.07, 6.45) is 0. The van der Waals surface area contributed by atoms with E-state index in [1.165, 1.54) is 20.8 Å². The number of hydrogen-bond acceptors (Lipinski definition) is 5. The van der Waals surface area contributed by atoms with E-state index in [1.54, 1.807) is 0 Å². The Balaban J connectivity index is 4.14. The van der Waals surface area contributed by atoms with Gasteiger partial charge in [-0.3, -0.25) is 9.59 Å². The van der Waals surface area contributed by atoms with Gasteiger partial charge in [0.05, 0.1) is 11.8 Å². The Hall–Kier alpha value is -0.750. The van der Waals surface area contributed by atoms with Gasteiger partial charge in [0.15, 0.2) is 8.38 Å². The zero-order valence-electron chi connectivity index (χ0n) is 9.47. The van der Waals surface area contributed by atoms with Crippen LogP contribution >= 0.6 is 8.38 Å². The highest BCUT2D eigenvalue weighted by Gasteiger charge is 2.21. The van der Waals surface area contributed by atoms with Crippen LogP contribution in [0.5, 0.6) is 0 Å². The van der Waals surface area contributed by atoms with E-state index >= 15 is 0 Å². The van der Waals surface area contributed by atoms with Crippen molar-refractivity contribution in [2.75, 3.05) is 0 Å². The van der Waals surface area contributed by atoms with E-state index in [9.17, 15) is 9.59 Å². The molecule has 0 aromatic rings. The summed E-state index contributed by atoms with van der Waals surface area (Å²) in [6.45, 7) is 4.45. The molecule has 0 spiro atoms. The Labute approximate surface area is 95.3 Å². The topological polar surface area (TPSA) is 125 Å². The molecule has 0 aromatic carbocycles. The summed E-state index contributed by atoms with van der Waals surface area (Å²) in [5.74, 6) is -1.67. The van der Waals surface area contributed by atoms with E-state index in [-0.39, 0.29) is 0 Å². The molecule has 0 aliphatic rings. The Kier molecular flexibility index (Phi) is 6.43. The molecule has 0 aromatic heterocycles. The third-order valence-electron chi connectivity index (χ3n) is 1.86. The summed E-state index contributed by atoms with van der Waals surface area (Å²) >= 11 is 0. The van der Waals surface area contributed by atoms with Gasteiger partial charge in [0, 0.05) is 0 Å². The third-order valence-corrected chi connectivity index (χ3v) is 2.69. The number of carbonyl (C=O) groups excluding carboxylic acids is 2. The van der Waals surface area contributed by atoms with Crippen LogP contribution in [0.3, 0.4) is 0 Å². The van der Waals surface area contributed by atoms with E-state index in [0.717, 1.165) is 0 Å². The minimum absolute atomic E-state index is 0.439. The molecule has 0 unspecified atom stereocenters. The number of hydrogen-bond donors (Lipinski definition) is 5. The Morgan fingerprint density at radius 1 is 1.12 bits per heavy atom. The van der Waals surface area contributed by atoms with Crippen molar-refractivity contribution < 1.29 is 19.4 Å². The summed E-state index contributed by atoms with van der Waals surface area (Å²) in [5, 5.41) is 4.75. The highest BCUT2D eigenvalue weighted by atomic mass is 31.2. The van der Waals surface area contributed by atoms with Gasteiger partial charge in [-0.05, 0) is 20.8 Å². The number of carbonyl (C=O) groups is 2. The van der Waals surface area contributed by atoms with Gasteiger partial charge in [-0.1, -0.05) is 0 Å². The van der Waals surface area contributed by atoms with Gasteiger partial charge in [0.1, 0.15) is 6.04 Å². The van der Waals surface area contributed by atoms with Gasteiger partial charge < -0.3 is 26.2 Å². The van der Waals surface area contributed by atoms with Gasteiger partial charge in [0.2, 0.25) is 11.8 Å².